The molecule has 84 valence electrons. The maximum atomic E-state index is 4.07. The molecular formula is C13H16N2S. The number of aromatic nitrogens is 1. The standard InChI is InChI=1S/C13H16N2S/c1-10-4-3-5-12(6-10)11(2)15-8-13-7-14-9-16-13/h3-7,9,11,15H,8H2,1-2H3. The fraction of sp³-hybridized carbons (Fsp3) is 0.308. The van der Waals surface area contributed by atoms with Gasteiger partial charge in [0.05, 0.1) is 5.51 Å². The molecule has 2 aromatic rings. The molecule has 16 heavy (non-hydrogen) atoms. The molecule has 1 aromatic heterocycles. The highest BCUT2D eigenvalue weighted by molar-refractivity contribution is 7.09. The van der Waals surface area contributed by atoms with Gasteiger partial charge in [-0.25, -0.2) is 0 Å². The average molecular weight is 232 g/mol. The number of hydrogen-bond acceptors (Lipinski definition) is 3. The van der Waals surface area contributed by atoms with Crippen LogP contribution in [0, 0.1) is 6.92 Å². The SMILES string of the molecule is Cc1cccc(C(C)NCc2cncs2)c1. The van der Waals surface area contributed by atoms with Gasteiger partial charge in [-0.05, 0) is 19.4 Å². The first-order chi connectivity index (χ1) is 7.75. The van der Waals surface area contributed by atoms with Crippen molar-refractivity contribution < 1.29 is 0 Å². The molecular weight excluding hydrogens is 216 g/mol. The van der Waals surface area contributed by atoms with Crippen LogP contribution in [0.2, 0.25) is 0 Å². The van der Waals surface area contributed by atoms with Crippen LogP contribution >= 0.6 is 11.3 Å². The minimum absolute atomic E-state index is 0.377. The molecule has 0 aliphatic heterocycles. The minimum Gasteiger partial charge on any atom is -0.305 e. The van der Waals surface area contributed by atoms with Crippen LogP contribution in [0.5, 0.6) is 0 Å². The molecule has 0 bridgehead atoms. The Kier molecular flexibility index (Phi) is 3.70. The molecule has 0 spiro atoms. The van der Waals surface area contributed by atoms with Crippen LogP contribution in [0.3, 0.4) is 0 Å². The molecule has 1 heterocycles. The van der Waals surface area contributed by atoms with Gasteiger partial charge < -0.3 is 5.32 Å². The normalized spacial score (nSPS) is 12.6. The number of aryl methyl sites for hydroxylation is 1. The molecule has 1 N–H and O–H groups in total. The Hall–Kier alpha value is -1.19. The van der Waals surface area contributed by atoms with Gasteiger partial charge >= 0.3 is 0 Å². The summed E-state index contributed by atoms with van der Waals surface area (Å²) in [4.78, 5) is 5.34. The van der Waals surface area contributed by atoms with Crippen molar-refractivity contribution in [2.45, 2.75) is 26.4 Å². The van der Waals surface area contributed by atoms with Crippen LogP contribution in [0.25, 0.3) is 0 Å². The summed E-state index contributed by atoms with van der Waals surface area (Å²) in [7, 11) is 0. The molecule has 0 amide bonds. The highest BCUT2D eigenvalue weighted by Gasteiger charge is 2.04. The van der Waals surface area contributed by atoms with Crippen LogP contribution in [-0.4, -0.2) is 4.98 Å². The Balaban J connectivity index is 1.95. The Morgan fingerprint density at radius 2 is 2.31 bits per heavy atom. The molecule has 0 aliphatic rings. The van der Waals surface area contributed by atoms with E-state index >= 15 is 0 Å². The van der Waals surface area contributed by atoms with Crippen LogP contribution in [0.15, 0.2) is 36.0 Å². The zero-order valence-electron chi connectivity index (χ0n) is 9.60. The monoisotopic (exact) mass is 232 g/mol. The number of benzene rings is 1. The summed E-state index contributed by atoms with van der Waals surface area (Å²) in [5, 5.41) is 3.50. The molecule has 1 unspecified atom stereocenters. The molecule has 2 nitrogen and oxygen atoms in total. The van der Waals surface area contributed by atoms with Gasteiger partial charge in [-0.15, -0.1) is 11.3 Å². The van der Waals surface area contributed by atoms with Gasteiger partial charge in [0.25, 0.3) is 0 Å². The number of hydrogen-bond donors (Lipinski definition) is 1. The molecule has 0 saturated carbocycles. The Labute approximate surface area is 100 Å². The minimum atomic E-state index is 0.377. The summed E-state index contributed by atoms with van der Waals surface area (Å²) in [6.45, 7) is 5.20. The maximum Gasteiger partial charge on any atom is 0.0794 e. The zero-order valence-corrected chi connectivity index (χ0v) is 10.4. The second-order valence-corrected chi connectivity index (χ2v) is 4.96. The van der Waals surface area contributed by atoms with Crippen LogP contribution in [0.4, 0.5) is 0 Å². The lowest BCUT2D eigenvalue weighted by atomic mass is 10.1. The van der Waals surface area contributed by atoms with Gasteiger partial charge in [-0.2, -0.15) is 0 Å². The third-order valence-corrected chi connectivity index (χ3v) is 3.39. The van der Waals surface area contributed by atoms with E-state index in [1.165, 1.54) is 16.0 Å². The second kappa shape index (κ2) is 5.23. The average Bonchev–Trinajstić information content (AvgIpc) is 2.78. The second-order valence-electron chi connectivity index (χ2n) is 3.98. The quantitative estimate of drug-likeness (QED) is 0.875. The van der Waals surface area contributed by atoms with E-state index in [2.05, 4.69) is 48.4 Å². The maximum absolute atomic E-state index is 4.07. The van der Waals surface area contributed by atoms with Gasteiger partial charge in [0, 0.05) is 23.7 Å². The van der Waals surface area contributed by atoms with Gasteiger partial charge in [0.15, 0.2) is 0 Å². The van der Waals surface area contributed by atoms with Gasteiger partial charge in [-0.3, -0.25) is 4.98 Å². The largest absolute Gasteiger partial charge is 0.305 e. The summed E-state index contributed by atoms with van der Waals surface area (Å²) in [6, 6.07) is 9.00. The molecule has 3 heteroatoms. The lowest BCUT2D eigenvalue weighted by molar-refractivity contribution is 0.578. The molecule has 2 rings (SSSR count). The van der Waals surface area contributed by atoms with Gasteiger partial charge in [-0.1, -0.05) is 29.8 Å². The summed E-state index contributed by atoms with van der Waals surface area (Å²) in [5.74, 6) is 0. The summed E-state index contributed by atoms with van der Waals surface area (Å²) in [6.07, 6.45) is 1.92. The van der Waals surface area contributed by atoms with Crippen LogP contribution in [0.1, 0.15) is 29.0 Å². The molecule has 1 atom stereocenters. The lowest BCUT2D eigenvalue weighted by Gasteiger charge is -2.13. The predicted octanol–water partition coefficient (Wildman–Crippen LogP) is 3.30. The fourth-order valence-electron chi connectivity index (χ4n) is 1.64. The number of rotatable bonds is 4. The van der Waals surface area contributed by atoms with E-state index in [9.17, 15) is 0 Å². The fourth-order valence-corrected chi connectivity index (χ4v) is 2.19. The van der Waals surface area contributed by atoms with Crippen molar-refractivity contribution in [1.29, 1.82) is 0 Å². The first-order valence-electron chi connectivity index (χ1n) is 5.43. The van der Waals surface area contributed by atoms with E-state index in [-0.39, 0.29) is 0 Å². The Morgan fingerprint density at radius 1 is 1.44 bits per heavy atom. The van der Waals surface area contributed by atoms with E-state index in [0.717, 1.165) is 6.54 Å². The van der Waals surface area contributed by atoms with Gasteiger partial charge in [0.2, 0.25) is 0 Å². The smallest absolute Gasteiger partial charge is 0.0794 e. The van der Waals surface area contributed by atoms with Crippen molar-refractivity contribution in [3.63, 3.8) is 0 Å². The summed E-state index contributed by atoms with van der Waals surface area (Å²) >= 11 is 1.69. The van der Waals surface area contributed by atoms with Gasteiger partial charge in [0.1, 0.15) is 0 Å². The molecule has 0 saturated heterocycles. The summed E-state index contributed by atoms with van der Waals surface area (Å²) in [5.41, 5.74) is 4.52. The Morgan fingerprint density at radius 3 is 3.00 bits per heavy atom. The Bertz CT molecular complexity index is 437. The molecule has 0 radical (unpaired) electrons. The molecule has 0 fully saturated rings. The van der Waals surface area contributed by atoms with Crippen LogP contribution in [-0.2, 0) is 6.54 Å². The number of nitrogens with one attached hydrogen (secondary N) is 1. The van der Waals surface area contributed by atoms with Crippen molar-refractivity contribution >= 4 is 11.3 Å². The van der Waals surface area contributed by atoms with E-state index in [1.807, 2.05) is 11.7 Å². The van der Waals surface area contributed by atoms with Crippen LogP contribution < -0.4 is 5.32 Å². The van der Waals surface area contributed by atoms with Crippen molar-refractivity contribution in [3.8, 4) is 0 Å². The van der Waals surface area contributed by atoms with Crippen molar-refractivity contribution in [2.75, 3.05) is 0 Å². The number of nitrogens with zero attached hydrogens (tertiary/aromatic N) is 1. The van der Waals surface area contributed by atoms with E-state index in [1.54, 1.807) is 11.3 Å². The van der Waals surface area contributed by atoms with Crippen molar-refractivity contribution in [3.05, 3.63) is 52.0 Å². The van der Waals surface area contributed by atoms with Crippen molar-refractivity contribution in [1.82, 2.24) is 10.3 Å². The number of thiazole rings is 1. The molecule has 0 aliphatic carbocycles. The summed E-state index contributed by atoms with van der Waals surface area (Å²) < 4.78 is 0. The van der Waals surface area contributed by atoms with E-state index in [0.29, 0.717) is 6.04 Å². The highest BCUT2D eigenvalue weighted by Crippen LogP contribution is 2.15. The lowest BCUT2D eigenvalue weighted by Crippen LogP contribution is -2.17. The zero-order chi connectivity index (χ0) is 11.4. The molecule has 1 aromatic carbocycles. The predicted molar refractivity (Wildman–Crippen MR) is 68.5 cm³/mol. The van der Waals surface area contributed by atoms with Crippen molar-refractivity contribution in [2.24, 2.45) is 0 Å². The third kappa shape index (κ3) is 2.90. The van der Waals surface area contributed by atoms with E-state index in [4.69, 9.17) is 0 Å². The van der Waals surface area contributed by atoms with E-state index < -0.39 is 0 Å². The highest BCUT2D eigenvalue weighted by atomic mass is 32.1. The first-order valence-corrected chi connectivity index (χ1v) is 6.31. The topological polar surface area (TPSA) is 24.9 Å². The third-order valence-electron chi connectivity index (χ3n) is 2.61. The first kappa shape index (κ1) is 11.3.